The van der Waals surface area contributed by atoms with Crippen molar-refractivity contribution >= 4 is 11.6 Å². The maximum Gasteiger partial charge on any atom is 0.198 e. The van der Waals surface area contributed by atoms with Crippen LogP contribution in [0.4, 0.5) is 0 Å². The Morgan fingerprint density at radius 3 is 2.29 bits per heavy atom. The lowest BCUT2D eigenvalue weighted by Crippen LogP contribution is -2.21. The fraction of sp³-hybridized carbons (Fsp3) is 0.111. The van der Waals surface area contributed by atoms with Crippen molar-refractivity contribution in [3.05, 3.63) is 76.9 Å². The third-order valence-corrected chi connectivity index (χ3v) is 3.48. The van der Waals surface area contributed by atoms with Gasteiger partial charge in [0.15, 0.2) is 11.6 Å². The van der Waals surface area contributed by atoms with Crippen LogP contribution in [0.5, 0.6) is 5.75 Å². The van der Waals surface area contributed by atoms with E-state index < -0.39 is 0 Å². The average molecular weight is 278 g/mol. The number of carbonyl (C=O) groups is 2. The lowest BCUT2D eigenvalue weighted by Gasteiger charge is -2.19. The molecular weight excluding hydrogens is 264 g/mol. The van der Waals surface area contributed by atoms with E-state index in [1.165, 1.54) is 0 Å². The van der Waals surface area contributed by atoms with Crippen molar-refractivity contribution in [1.82, 2.24) is 0 Å². The second kappa shape index (κ2) is 5.37. The molecule has 0 amide bonds. The van der Waals surface area contributed by atoms with E-state index >= 15 is 0 Å². The third kappa shape index (κ3) is 2.17. The van der Waals surface area contributed by atoms with Crippen LogP contribution in [0.1, 0.15) is 38.8 Å². The normalized spacial score (nSPS) is 13.2. The first kappa shape index (κ1) is 13.3. The van der Waals surface area contributed by atoms with E-state index in [1.54, 1.807) is 42.5 Å². The monoisotopic (exact) mass is 278 g/mol. The lowest BCUT2D eigenvalue weighted by atomic mass is 9.83. The molecule has 0 aliphatic heterocycles. The van der Waals surface area contributed by atoms with E-state index in [1.807, 2.05) is 19.1 Å². The second-order valence-electron chi connectivity index (χ2n) is 4.76. The maximum atomic E-state index is 12.7. The van der Waals surface area contributed by atoms with Gasteiger partial charge in [0.2, 0.25) is 0 Å². The minimum Gasteiger partial charge on any atom is -0.489 e. The third-order valence-electron chi connectivity index (χ3n) is 3.48. The summed E-state index contributed by atoms with van der Waals surface area (Å²) in [6.07, 6.45) is 3.72. The topological polar surface area (TPSA) is 43.4 Å². The van der Waals surface area contributed by atoms with Crippen LogP contribution in [0.25, 0.3) is 0 Å². The Hall–Kier alpha value is -2.68. The number of ether oxygens (including phenoxy) is 1. The molecule has 0 N–H and O–H groups in total. The summed E-state index contributed by atoms with van der Waals surface area (Å²) in [6, 6.07) is 12.0. The van der Waals surface area contributed by atoms with Gasteiger partial charge in [-0.15, -0.1) is 0 Å². The summed E-state index contributed by atoms with van der Waals surface area (Å²) >= 11 is 0. The number of allylic oxidation sites excluding steroid dienone is 1. The van der Waals surface area contributed by atoms with Gasteiger partial charge in [-0.25, -0.2) is 0 Å². The van der Waals surface area contributed by atoms with E-state index in [4.69, 9.17) is 4.74 Å². The van der Waals surface area contributed by atoms with Crippen LogP contribution in [-0.4, -0.2) is 18.2 Å². The Morgan fingerprint density at radius 2 is 1.57 bits per heavy atom. The van der Waals surface area contributed by atoms with Crippen LogP contribution >= 0.6 is 0 Å². The maximum absolute atomic E-state index is 12.7. The van der Waals surface area contributed by atoms with Crippen LogP contribution in [-0.2, 0) is 0 Å². The zero-order chi connectivity index (χ0) is 14.8. The van der Waals surface area contributed by atoms with Gasteiger partial charge in [-0.2, -0.15) is 0 Å². The SMILES string of the molecule is C/C=C/COc1cccc2c1C(=O)c1ccccc1C2=O. The molecule has 0 radical (unpaired) electrons. The van der Waals surface area contributed by atoms with Crippen molar-refractivity contribution in [2.75, 3.05) is 6.61 Å². The van der Waals surface area contributed by atoms with Crippen LogP contribution in [0.3, 0.4) is 0 Å². The molecule has 0 aromatic heterocycles. The van der Waals surface area contributed by atoms with Gasteiger partial charge in [-0.3, -0.25) is 9.59 Å². The standard InChI is InChI=1S/C18H14O3/c1-2-3-11-21-15-10-6-9-14-16(15)18(20)13-8-5-4-7-12(13)17(14)19/h2-10H,11H2,1H3/b3-2+. The molecule has 0 atom stereocenters. The molecule has 2 aromatic carbocycles. The predicted octanol–water partition coefficient (Wildman–Crippen LogP) is 3.42. The van der Waals surface area contributed by atoms with E-state index in [0.29, 0.717) is 34.6 Å². The minimum absolute atomic E-state index is 0.128. The quantitative estimate of drug-likeness (QED) is 0.689. The lowest BCUT2D eigenvalue weighted by molar-refractivity contribution is 0.0976. The van der Waals surface area contributed by atoms with Gasteiger partial charge in [0.25, 0.3) is 0 Å². The van der Waals surface area contributed by atoms with Crippen molar-refractivity contribution in [3.8, 4) is 5.75 Å². The molecular formula is C18H14O3. The summed E-state index contributed by atoms with van der Waals surface area (Å²) in [7, 11) is 0. The number of rotatable bonds is 3. The summed E-state index contributed by atoms with van der Waals surface area (Å²) in [5.41, 5.74) is 1.68. The Kier molecular flexibility index (Phi) is 3.40. The zero-order valence-corrected chi connectivity index (χ0v) is 11.6. The van der Waals surface area contributed by atoms with Gasteiger partial charge in [0.05, 0.1) is 5.56 Å². The second-order valence-corrected chi connectivity index (χ2v) is 4.76. The van der Waals surface area contributed by atoms with Crippen molar-refractivity contribution < 1.29 is 14.3 Å². The number of benzene rings is 2. The number of carbonyl (C=O) groups excluding carboxylic acids is 2. The summed E-state index contributed by atoms with van der Waals surface area (Å²) < 4.78 is 5.62. The zero-order valence-electron chi connectivity index (χ0n) is 11.6. The summed E-state index contributed by atoms with van der Waals surface area (Å²) in [5.74, 6) is 0.173. The molecule has 0 saturated carbocycles. The predicted molar refractivity (Wildman–Crippen MR) is 80.1 cm³/mol. The molecule has 0 heterocycles. The minimum atomic E-state index is -0.156. The number of hydrogen-bond donors (Lipinski definition) is 0. The Labute approximate surface area is 122 Å². The largest absolute Gasteiger partial charge is 0.489 e. The van der Waals surface area contributed by atoms with Crippen LogP contribution < -0.4 is 4.74 Å². The van der Waals surface area contributed by atoms with Crippen LogP contribution in [0, 0.1) is 0 Å². The number of fused-ring (bicyclic) bond motifs is 2. The van der Waals surface area contributed by atoms with Gasteiger partial charge < -0.3 is 4.74 Å². The highest BCUT2D eigenvalue weighted by Crippen LogP contribution is 2.33. The van der Waals surface area contributed by atoms with Crippen molar-refractivity contribution in [3.63, 3.8) is 0 Å². The van der Waals surface area contributed by atoms with Gasteiger partial charge in [0.1, 0.15) is 12.4 Å². The highest BCUT2D eigenvalue weighted by atomic mass is 16.5. The first-order chi connectivity index (χ1) is 10.2. The van der Waals surface area contributed by atoms with Gasteiger partial charge in [0, 0.05) is 16.7 Å². The molecule has 104 valence electrons. The smallest absolute Gasteiger partial charge is 0.198 e. The summed E-state index contributed by atoms with van der Waals surface area (Å²) in [5, 5.41) is 0. The van der Waals surface area contributed by atoms with Crippen LogP contribution in [0.15, 0.2) is 54.6 Å². The Morgan fingerprint density at radius 1 is 0.905 bits per heavy atom. The molecule has 3 rings (SSSR count). The molecule has 21 heavy (non-hydrogen) atoms. The van der Waals surface area contributed by atoms with Crippen LogP contribution in [0.2, 0.25) is 0 Å². The highest BCUT2D eigenvalue weighted by molar-refractivity contribution is 6.29. The molecule has 0 bridgehead atoms. The van der Waals surface area contributed by atoms with Crippen molar-refractivity contribution in [1.29, 1.82) is 0 Å². The van der Waals surface area contributed by atoms with E-state index in [9.17, 15) is 9.59 Å². The average Bonchev–Trinajstić information content (AvgIpc) is 2.53. The highest BCUT2D eigenvalue weighted by Gasteiger charge is 2.31. The van der Waals surface area contributed by atoms with Gasteiger partial charge in [-0.05, 0) is 13.0 Å². The molecule has 0 unspecified atom stereocenters. The van der Waals surface area contributed by atoms with Crippen molar-refractivity contribution in [2.45, 2.75) is 6.92 Å². The summed E-state index contributed by atoms with van der Waals surface area (Å²) in [6.45, 7) is 2.27. The fourth-order valence-electron chi connectivity index (χ4n) is 2.47. The molecule has 0 spiro atoms. The summed E-state index contributed by atoms with van der Waals surface area (Å²) in [4.78, 5) is 25.2. The van der Waals surface area contributed by atoms with E-state index in [0.717, 1.165) is 0 Å². The molecule has 3 nitrogen and oxygen atoms in total. The Bertz CT molecular complexity index is 757. The molecule has 0 saturated heterocycles. The molecule has 2 aromatic rings. The molecule has 0 fully saturated rings. The van der Waals surface area contributed by atoms with E-state index in [-0.39, 0.29) is 11.6 Å². The van der Waals surface area contributed by atoms with Gasteiger partial charge in [-0.1, -0.05) is 48.6 Å². The van der Waals surface area contributed by atoms with Gasteiger partial charge >= 0.3 is 0 Å². The van der Waals surface area contributed by atoms with Crippen molar-refractivity contribution in [2.24, 2.45) is 0 Å². The molecule has 3 heteroatoms. The first-order valence-corrected chi connectivity index (χ1v) is 6.79. The number of ketones is 2. The fourth-order valence-corrected chi connectivity index (χ4v) is 2.47. The molecule has 1 aliphatic carbocycles. The molecule has 1 aliphatic rings. The van der Waals surface area contributed by atoms with E-state index in [2.05, 4.69) is 0 Å². The Balaban J connectivity index is 2.12. The first-order valence-electron chi connectivity index (χ1n) is 6.79. The number of hydrogen-bond acceptors (Lipinski definition) is 3.